The van der Waals surface area contributed by atoms with Gasteiger partial charge in [0, 0.05) is 38.3 Å². The Morgan fingerprint density at radius 1 is 1.00 bits per heavy atom. The van der Waals surface area contributed by atoms with E-state index in [1.807, 2.05) is 9.80 Å². The molecule has 6 heteroatoms. The molecule has 0 spiro atoms. The minimum absolute atomic E-state index is 0.0625. The van der Waals surface area contributed by atoms with E-state index in [2.05, 4.69) is 4.90 Å². The number of carbonyl (C=O) groups excluding carboxylic acids is 1. The summed E-state index contributed by atoms with van der Waals surface area (Å²) in [5.41, 5.74) is 0. The number of carboxylic acids is 1. The number of likely N-dealkylation sites (tertiary alicyclic amines) is 1. The SMILES string of the molecule is O=C(O)CC1CCCCN1C(=O)N1CCN2CCCC2C1. The van der Waals surface area contributed by atoms with Crippen molar-refractivity contribution in [2.75, 3.05) is 32.7 Å². The van der Waals surface area contributed by atoms with Crippen molar-refractivity contribution >= 4 is 12.0 Å². The second kappa shape index (κ2) is 6.22. The Kier molecular flexibility index (Phi) is 4.33. The van der Waals surface area contributed by atoms with E-state index in [1.54, 1.807) is 0 Å². The molecule has 2 atom stereocenters. The topological polar surface area (TPSA) is 64.1 Å². The summed E-state index contributed by atoms with van der Waals surface area (Å²) in [4.78, 5) is 30.0. The summed E-state index contributed by atoms with van der Waals surface area (Å²) in [6, 6.07) is 0.461. The Morgan fingerprint density at radius 3 is 2.67 bits per heavy atom. The van der Waals surface area contributed by atoms with E-state index in [1.165, 1.54) is 12.8 Å². The molecular formula is C15H25N3O3. The van der Waals surface area contributed by atoms with Crippen molar-refractivity contribution < 1.29 is 14.7 Å². The van der Waals surface area contributed by atoms with Gasteiger partial charge in [0.05, 0.1) is 6.42 Å². The summed E-state index contributed by atoms with van der Waals surface area (Å²) >= 11 is 0. The number of aliphatic carboxylic acids is 1. The fraction of sp³-hybridized carbons (Fsp3) is 0.867. The van der Waals surface area contributed by atoms with Crippen molar-refractivity contribution in [3.8, 4) is 0 Å². The highest BCUT2D eigenvalue weighted by Gasteiger charge is 2.36. The van der Waals surface area contributed by atoms with E-state index in [-0.39, 0.29) is 18.5 Å². The van der Waals surface area contributed by atoms with Crippen molar-refractivity contribution in [3.63, 3.8) is 0 Å². The molecule has 3 aliphatic rings. The van der Waals surface area contributed by atoms with Crippen LogP contribution in [0, 0.1) is 0 Å². The normalized spacial score (nSPS) is 30.3. The fourth-order valence-corrected chi connectivity index (χ4v) is 4.01. The largest absolute Gasteiger partial charge is 0.481 e. The highest BCUT2D eigenvalue weighted by molar-refractivity contribution is 5.76. The van der Waals surface area contributed by atoms with Gasteiger partial charge in [0.1, 0.15) is 0 Å². The lowest BCUT2D eigenvalue weighted by atomic mass is 9.99. The fourth-order valence-electron chi connectivity index (χ4n) is 4.01. The summed E-state index contributed by atoms with van der Waals surface area (Å²) in [6.07, 6.45) is 5.33. The average molecular weight is 295 g/mol. The third-order valence-electron chi connectivity index (χ3n) is 5.14. The molecule has 1 N–H and O–H groups in total. The number of hydrogen-bond acceptors (Lipinski definition) is 3. The molecule has 2 amide bonds. The number of nitrogens with zero attached hydrogens (tertiary/aromatic N) is 3. The van der Waals surface area contributed by atoms with Crippen molar-refractivity contribution in [1.82, 2.24) is 14.7 Å². The molecule has 0 aromatic heterocycles. The van der Waals surface area contributed by atoms with Crippen LogP contribution in [0.5, 0.6) is 0 Å². The molecule has 0 aliphatic carbocycles. The van der Waals surface area contributed by atoms with Crippen LogP contribution in [0.3, 0.4) is 0 Å². The number of carboxylic acid groups (broad SMARTS) is 1. The maximum absolute atomic E-state index is 12.8. The molecule has 3 saturated heterocycles. The van der Waals surface area contributed by atoms with E-state index >= 15 is 0 Å². The molecular weight excluding hydrogens is 270 g/mol. The predicted octanol–water partition coefficient (Wildman–Crippen LogP) is 1.22. The van der Waals surface area contributed by atoms with Crippen molar-refractivity contribution in [2.24, 2.45) is 0 Å². The van der Waals surface area contributed by atoms with Crippen molar-refractivity contribution in [2.45, 2.75) is 50.6 Å². The van der Waals surface area contributed by atoms with Crippen LogP contribution in [0.25, 0.3) is 0 Å². The Bertz CT molecular complexity index is 415. The van der Waals surface area contributed by atoms with Gasteiger partial charge in [-0.25, -0.2) is 4.79 Å². The van der Waals surface area contributed by atoms with Crippen LogP contribution in [-0.2, 0) is 4.79 Å². The molecule has 0 radical (unpaired) electrons. The Balaban J connectivity index is 1.63. The van der Waals surface area contributed by atoms with Gasteiger partial charge in [-0.05, 0) is 38.6 Å². The lowest BCUT2D eigenvalue weighted by molar-refractivity contribution is -0.138. The zero-order chi connectivity index (χ0) is 14.8. The van der Waals surface area contributed by atoms with Gasteiger partial charge < -0.3 is 14.9 Å². The highest BCUT2D eigenvalue weighted by atomic mass is 16.4. The van der Waals surface area contributed by atoms with Crippen LogP contribution in [-0.4, -0.2) is 76.6 Å². The molecule has 3 heterocycles. The van der Waals surface area contributed by atoms with Gasteiger partial charge in [-0.15, -0.1) is 0 Å². The smallest absolute Gasteiger partial charge is 0.320 e. The first-order valence-corrected chi connectivity index (χ1v) is 8.16. The maximum Gasteiger partial charge on any atom is 0.320 e. The predicted molar refractivity (Wildman–Crippen MR) is 78.2 cm³/mol. The number of urea groups is 1. The lowest BCUT2D eigenvalue weighted by Gasteiger charge is -2.43. The van der Waals surface area contributed by atoms with Gasteiger partial charge in [-0.2, -0.15) is 0 Å². The molecule has 3 fully saturated rings. The third-order valence-corrected chi connectivity index (χ3v) is 5.14. The number of piperidine rings is 1. The third kappa shape index (κ3) is 3.15. The van der Waals surface area contributed by atoms with Crippen LogP contribution in [0.4, 0.5) is 4.79 Å². The van der Waals surface area contributed by atoms with Crippen molar-refractivity contribution in [1.29, 1.82) is 0 Å². The molecule has 21 heavy (non-hydrogen) atoms. The number of fused-ring (bicyclic) bond motifs is 1. The summed E-state index contributed by atoms with van der Waals surface area (Å²) < 4.78 is 0. The van der Waals surface area contributed by atoms with Gasteiger partial charge in [0.25, 0.3) is 0 Å². The van der Waals surface area contributed by atoms with Crippen LogP contribution in [0.15, 0.2) is 0 Å². The highest BCUT2D eigenvalue weighted by Crippen LogP contribution is 2.25. The second-order valence-corrected chi connectivity index (χ2v) is 6.50. The van der Waals surface area contributed by atoms with E-state index in [0.717, 1.165) is 45.4 Å². The average Bonchev–Trinajstić information content (AvgIpc) is 2.94. The Morgan fingerprint density at radius 2 is 1.86 bits per heavy atom. The zero-order valence-electron chi connectivity index (χ0n) is 12.5. The van der Waals surface area contributed by atoms with Crippen LogP contribution in [0.1, 0.15) is 38.5 Å². The second-order valence-electron chi connectivity index (χ2n) is 6.50. The van der Waals surface area contributed by atoms with E-state index in [0.29, 0.717) is 12.6 Å². The lowest BCUT2D eigenvalue weighted by Crippen LogP contribution is -2.58. The number of hydrogen-bond donors (Lipinski definition) is 1. The van der Waals surface area contributed by atoms with Gasteiger partial charge in [-0.3, -0.25) is 9.69 Å². The molecule has 0 aromatic rings. The molecule has 2 unspecified atom stereocenters. The number of carbonyl (C=O) groups is 2. The number of piperazine rings is 1. The molecule has 3 rings (SSSR count). The zero-order valence-corrected chi connectivity index (χ0v) is 12.5. The van der Waals surface area contributed by atoms with Crippen molar-refractivity contribution in [3.05, 3.63) is 0 Å². The molecule has 118 valence electrons. The molecule has 0 bridgehead atoms. The van der Waals surface area contributed by atoms with Gasteiger partial charge in [-0.1, -0.05) is 0 Å². The standard InChI is InChI=1S/C15H25N3O3/c19-14(20)10-12-4-1-2-7-18(12)15(21)17-9-8-16-6-3-5-13(16)11-17/h12-13H,1-11H2,(H,19,20). The summed E-state index contributed by atoms with van der Waals surface area (Å²) in [7, 11) is 0. The maximum atomic E-state index is 12.8. The van der Waals surface area contributed by atoms with E-state index < -0.39 is 5.97 Å². The van der Waals surface area contributed by atoms with E-state index in [4.69, 9.17) is 5.11 Å². The molecule has 6 nitrogen and oxygen atoms in total. The first-order valence-electron chi connectivity index (χ1n) is 8.16. The van der Waals surface area contributed by atoms with Gasteiger partial charge in [0.15, 0.2) is 0 Å². The monoisotopic (exact) mass is 295 g/mol. The molecule has 0 aromatic carbocycles. The minimum Gasteiger partial charge on any atom is -0.481 e. The van der Waals surface area contributed by atoms with Crippen LogP contribution in [0.2, 0.25) is 0 Å². The summed E-state index contributed by atoms with van der Waals surface area (Å²) in [5, 5.41) is 9.04. The first kappa shape index (κ1) is 14.6. The molecule has 3 aliphatic heterocycles. The van der Waals surface area contributed by atoms with Crippen LogP contribution >= 0.6 is 0 Å². The summed E-state index contributed by atoms with van der Waals surface area (Å²) in [6.45, 7) is 4.44. The minimum atomic E-state index is -0.805. The number of rotatable bonds is 2. The number of amides is 2. The van der Waals surface area contributed by atoms with Gasteiger partial charge in [0.2, 0.25) is 0 Å². The Labute approximate surface area is 125 Å². The Hall–Kier alpha value is -1.30. The van der Waals surface area contributed by atoms with E-state index in [9.17, 15) is 9.59 Å². The quantitative estimate of drug-likeness (QED) is 0.832. The van der Waals surface area contributed by atoms with Crippen LogP contribution < -0.4 is 0 Å². The first-order chi connectivity index (χ1) is 10.1. The molecule has 0 saturated carbocycles. The summed E-state index contributed by atoms with van der Waals surface area (Å²) in [5.74, 6) is -0.805. The van der Waals surface area contributed by atoms with Gasteiger partial charge >= 0.3 is 12.0 Å².